The number of aromatic nitrogens is 2. The molecule has 1 aliphatic carbocycles. The summed E-state index contributed by atoms with van der Waals surface area (Å²) in [6.07, 6.45) is 4.96. The van der Waals surface area contributed by atoms with E-state index in [-0.39, 0.29) is 12.0 Å². The topological polar surface area (TPSA) is 64.1 Å². The standard InChI is InChI=1S/C11H19N3O/c1-8(2)14-5-9(4-13-14)10-3-11(10,6-12)7-15/h4-5,8,10,15H,3,6-7,12H2,1-2H3. The van der Waals surface area contributed by atoms with Crippen molar-refractivity contribution in [2.45, 2.75) is 32.2 Å². The SMILES string of the molecule is CC(C)n1cc(C2CC2(CN)CO)cn1. The van der Waals surface area contributed by atoms with Gasteiger partial charge < -0.3 is 10.8 Å². The van der Waals surface area contributed by atoms with Crippen molar-refractivity contribution in [3.63, 3.8) is 0 Å². The summed E-state index contributed by atoms with van der Waals surface area (Å²) in [5.41, 5.74) is 6.83. The number of rotatable bonds is 4. The van der Waals surface area contributed by atoms with Crippen molar-refractivity contribution in [3.8, 4) is 0 Å². The fourth-order valence-electron chi connectivity index (χ4n) is 2.10. The van der Waals surface area contributed by atoms with Gasteiger partial charge in [0, 0.05) is 24.2 Å². The molecule has 2 atom stereocenters. The summed E-state index contributed by atoms with van der Waals surface area (Å²) >= 11 is 0. The van der Waals surface area contributed by atoms with Crippen LogP contribution in [0.1, 0.15) is 37.8 Å². The second-order valence-electron chi connectivity index (χ2n) is 4.83. The third-order valence-electron chi connectivity index (χ3n) is 3.46. The lowest BCUT2D eigenvalue weighted by atomic mass is 10.0. The Balaban J connectivity index is 2.12. The Labute approximate surface area is 90.1 Å². The quantitative estimate of drug-likeness (QED) is 0.774. The molecule has 1 fully saturated rings. The van der Waals surface area contributed by atoms with Crippen LogP contribution < -0.4 is 5.73 Å². The minimum atomic E-state index is -0.0646. The normalized spacial score (nSPS) is 29.8. The highest BCUT2D eigenvalue weighted by Gasteiger charge is 2.53. The van der Waals surface area contributed by atoms with E-state index in [2.05, 4.69) is 25.1 Å². The highest BCUT2D eigenvalue weighted by molar-refractivity contribution is 5.26. The zero-order chi connectivity index (χ0) is 11.1. The fraction of sp³-hybridized carbons (Fsp3) is 0.727. The average molecular weight is 209 g/mol. The van der Waals surface area contributed by atoms with E-state index in [1.54, 1.807) is 0 Å². The summed E-state index contributed by atoms with van der Waals surface area (Å²) in [5, 5.41) is 13.6. The Morgan fingerprint density at radius 1 is 1.73 bits per heavy atom. The third-order valence-corrected chi connectivity index (χ3v) is 3.46. The lowest BCUT2D eigenvalue weighted by molar-refractivity contribution is 0.211. The van der Waals surface area contributed by atoms with Gasteiger partial charge >= 0.3 is 0 Å². The van der Waals surface area contributed by atoms with Crippen molar-refractivity contribution >= 4 is 0 Å². The van der Waals surface area contributed by atoms with Gasteiger partial charge in [0.15, 0.2) is 0 Å². The van der Waals surface area contributed by atoms with E-state index in [1.165, 1.54) is 5.56 Å². The number of nitrogens with two attached hydrogens (primary N) is 1. The van der Waals surface area contributed by atoms with E-state index in [0.29, 0.717) is 18.5 Å². The predicted octanol–water partition coefficient (Wildman–Crippen LogP) is 0.889. The van der Waals surface area contributed by atoms with E-state index in [1.807, 2.05) is 10.9 Å². The molecule has 1 aromatic heterocycles. The van der Waals surface area contributed by atoms with Crippen LogP contribution in [0.15, 0.2) is 12.4 Å². The van der Waals surface area contributed by atoms with Crippen LogP contribution in [0.4, 0.5) is 0 Å². The van der Waals surface area contributed by atoms with E-state index < -0.39 is 0 Å². The first kappa shape index (κ1) is 10.6. The molecule has 0 saturated heterocycles. The summed E-state index contributed by atoms with van der Waals surface area (Å²) in [5.74, 6) is 0.403. The zero-order valence-corrected chi connectivity index (χ0v) is 9.35. The van der Waals surface area contributed by atoms with Crippen molar-refractivity contribution in [2.75, 3.05) is 13.2 Å². The first-order chi connectivity index (χ1) is 7.13. The van der Waals surface area contributed by atoms with Crippen molar-refractivity contribution < 1.29 is 5.11 Å². The minimum Gasteiger partial charge on any atom is -0.396 e. The maximum atomic E-state index is 9.30. The Morgan fingerprint density at radius 2 is 2.47 bits per heavy atom. The molecule has 15 heavy (non-hydrogen) atoms. The van der Waals surface area contributed by atoms with Gasteiger partial charge in [0.05, 0.1) is 12.8 Å². The van der Waals surface area contributed by atoms with Gasteiger partial charge in [-0.1, -0.05) is 0 Å². The number of hydrogen-bond acceptors (Lipinski definition) is 3. The van der Waals surface area contributed by atoms with E-state index in [4.69, 9.17) is 5.73 Å². The Hall–Kier alpha value is -0.870. The van der Waals surface area contributed by atoms with E-state index in [0.717, 1.165) is 6.42 Å². The number of nitrogens with zero attached hydrogens (tertiary/aromatic N) is 2. The molecule has 0 spiro atoms. The van der Waals surface area contributed by atoms with E-state index in [9.17, 15) is 5.11 Å². The molecule has 4 nitrogen and oxygen atoms in total. The largest absolute Gasteiger partial charge is 0.396 e. The van der Waals surface area contributed by atoms with Gasteiger partial charge in [-0.2, -0.15) is 5.10 Å². The Bertz CT molecular complexity index is 341. The van der Waals surface area contributed by atoms with Gasteiger partial charge in [-0.05, 0) is 31.7 Å². The van der Waals surface area contributed by atoms with Crippen LogP contribution in [0.5, 0.6) is 0 Å². The van der Waals surface area contributed by atoms with Gasteiger partial charge in [-0.15, -0.1) is 0 Å². The number of aliphatic hydroxyl groups is 1. The zero-order valence-electron chi connectivity index (χ0n) is 9.35. The molecule has 1 aromatic rings. The first-order valence-corrected chi connectivity index (χ1v) is 5.48. The third kappa shape index (κ3) is 1.68. The summed E-state index contributed by atoms with van der Waals surface area (Å²) in [4.78, 5) is 0. The highest BCUT2D eigenvalue weighted by Crippen LogP contribution is 2.58. The summed E-state index contributed by atoms with van der Waals surface area (Å²) in [6.45, 7) is 4.94. The molecule has 4 heteroatoms. The molecule has 2 unspecified atom stereocenters. The van der Waals surface area contributed by atoms with Crippen LogP contribution in [0, 0.1) is 5.41 Å². The van der Waals surface area contributed by atoms with Crippen LogP contribution >= 0.6 is 0 Å². The summed E-state index contributed by atoms with van der Waals surface area (Å²) in [7, 11) is 0. The van der Waals surface area contributed by atoms with Crippen LogP contribution in [0.3, 0.4) is 0 Å². The monoisotopic (exact) mass is 209 g/mol. The highest BCUT2D eigenvalue weighted by atomic mass is 16.3. The molecule has 0 aromatic carbocycles. The second kappa shape index (κ2) is 3.61. The lowest BCUT2D eigenvalue weighted by Crippen LogP contribution is -2.21. The van der Waals surface area contributed by atoms with E-state index >= 15 is 0 Å². The lowest BCUT2D eigenvalue weighted by Gasteiger charge is -2.09. The molecule has 0 bridgehead atoms. The molecule has 3 N–H and O–H groups in total. The Kier molecular flexibility index (Phi) is 2.56. The number of aliphatic hydroxyl groups excluding tert-OH is 1. The maximum Gasteiger partial charge on any atom is 0.0524 e. The molecule has 1 aliphatic rings. The van der Waals surface area contributed by atoms with Gasteiger partial charge in [0.1, 0.15) is 0 Å². The molecule has 2 rings (SSSR count). The second-order valence-corrected chi connectivity index (χ2v) is 4.83. The molecule has 1 heterocycles. The van der Waals surface area contributed by atoms with Crippen molar-refractivity contribution in [2.24, 2.45) is 11.1 Å². The van der Waals surface area contributed by atoms with Gasteiger partial charge in [-0.25, -0.2) is 0 Å². The molecule has 0 radical (unpaired) electrons. The van der Waals surface area contributed by atoms with Crippen molar-refractivity contribution in [1.82, 2.24) is 9.78 Å². The number of hydrogen-bond donors (Lipinski definition) is 2. The van der Waals surface area contributed by atoms with Gasteiger partial charge in [0.25, 0.3) is 0 Å². The molecule has 84 valence electrons. The molecule has 0 aliphatic heterocycles. The Morgan fingerprint density at radius 3 is 2.87 bits per heavy atom. The smallest absolute Gasteiger partial charge is 0.0524 e. The summed E-state index contributed by atoms with van der Waals surface area (Å²) < 4.78 is 1.95. The van der Waals surface area contributed by atoms with Crippen molar-refractivity contribution in [3.05, 3.63) is 18.0 Å². The summed E-state index contributed by atoms with van der Waals surface area (Å²) in [6, 6.07) is 0.388. The molecule has 0 amide bonds. The first-order valence-electron chi connectivity index (χ1n) is 5.48. The minimum absolute atomic E-state index is 0.0646. The molecular formula is C11H19N3O. The average Bonchev–Trinajstić information content (AvgIpc) is 2.76. The molecular weight excluding hydrogens is 190 g/mol. The van der Waals surface area contributed by atoms with Crippen molar-refractivity contribution in [1.29, 1.82) is 0 Å². The van der Waals surface area contributed by atoms with Crippen LogP contribution in [-0.2, 0) is 0 Å². The predicted molar refractivity (Wildman–Crippen MR) is 58.5 cm³/mol. The molecule has 1 saturated carbocycles. The van der Waals surface area contributed by atoms with Gasteiger partial charge in [-0.3, -0.25) is 4.68 Å². The van der Waals surface area contributed by atoms with Crippen LogP contribution in [0.2, 0.25) is 0 Å². The van der Waals surface area contributed by atoms with Crippen LogP contribution in [-0.4, -0.2) is 28.0 Å². The van der Waals surface area contributed by atoms with Gasteiger partial charge in [0.2, 0.25) is 0 Å². The van der Waals surface area contributed by atoms with Crippen LogP contribution in [0.25, 0.3) is 0 Å². The maximum absolute atomic E-state index is 9.30. The fourth-order valence-corrected chi connectivity index (χ4v) is 2.10.